The fraction of sp³-hybridized carbons (Fsp3) is 0.400. The van der Waals surface area contributed by atoms with Gasteiger partial charge in [0.05, 0.1) is 12.6 Å². The average Bonchev–Trinajstić information content (AvgIpc) is 2.48. The van der Waals surface area contributed by atoms with Crippen LogP contribution in [0.25, 0.3) is 0 Å². The van der Waals surface area contributed by atoms with E-state index in [2.05, 4.69) is 11.8 Å². The molecule has 1 fully saturated rings. The standard InChI is InChI=1S/C15H17ClN2O3/c16-13-3-1-2-12(10-13)4-5-14(11-19)17-6-8-18(9-7-17)15(20)21/h1-3,10,14,19H,6-9,11H2,(H,20,21). The second-order valence-corrected chi connectivity index (χ2v) is 5.22. The molecule has 1 heterocycles. The predicted octanol–water partition coefficient (Wildman–Crippen LogP) is 1.35. The third-order valence-electron chi connectivity index (χ3n) is 3.41. The molecule has 2 N–H and O–H groups in total. The Balaban J connectivity index is 2.00. The van der Waals surface area contributed by atoms with Crippen molar-refractivity contribution in [3.8, 4) is 11.8 Å². The van der Waals surface area contributed by atoms with E-state index in [0.717, 1.165) is 5.56 Å². The van der Waals surface area contributed by atoms with Crippen molar-refractivity contribution in [2.75, 3.05) is 32.8 Å². The molecular weight excluding hydrogens is 292 g/mol. The van der Waals surface area contributed by atoms with Crippen LogP contribution in [0.15, 0.2) is 24.3 Å². The van der Waals surface area contributed by atoms with Gasteiger partial charge in [-0.2, -0.15) is 0 Å². The molecule has 1 aromatic carbocycles. The van der Waals surface area contributed by atoms with E-state index in [-0.39, 0.29) is 12.6 Å². The van der Waals surface area contributed by atoms with Crippen molar-refractivity contribution in [2.45, 2.75) is 6.04 Å². The van der Waals surface area contributed by atoms with Crippen molar-refractivity contribution < 1.29 is 15.0 Å². The van der Waals surface area contributed by atoms with Crippen LogP contribution in [-0.4, -0.2) is 64.9 Å². The number of benzene rings is 1. The molecule has 1 aliphatic heterocycles. The molecule has 1 amide bonds. The molecule has 2 rings (SSSR count). The number of aliphatic hydroxyl groups is 1. The summed E-state index contributed by atoms with van der Waals surface area (Å²) in [5, 5.41) is 19.0. The molecule has 0 radical (unpaired) electrons. The Labute approximate surface area is 128 Å². The summed E-state index contributed by atoms with van der Waals surface area (Å²) >= 11 is 5.90. The first-order chi connectivity index (χ1) is 10.1. The molecule has 1 aliphatic rings. The number of hydrogen-bond acceptors (Lipinski definition) is 3. The average molecular weight is 309 g/mol. The molecule has 1 saturated heterocycles. The molecule has 21 heavy (non-hydrogen) atoms. The van der Waals surface area contributed by atoms with Crippen molar-refractivity contribution in [1.29, 1.82) is 0 Å². The Morgan fingerprint density at radius 3 is 2.62 bits per heavy atom. The van der Waals surface area contributed by atoms with Gasteiger partial charge >= 0.3 is 6.09 Å². The Morgan fingerprint density at radius 2 is 2.05 bits per heavy atom. The minimum atomic E-state index is -0.903. The van der Waals surface area contributed by atoms with Gasteiger partial charge in [-0.1, -0.05) is 29.5 Å². The van der Waals surface area contributed by atoms with Gasteiger partial charge in [-0.15, -0.1) is 0 Å². The molecule has 6 heteroatoms. The zero-order chi connectivity index (χ0) is 15.2. The summed E-state index contributed by atoms with van der Waals surface area (Å²) in [7, 11) is 0. The highest BCUT2D eigenvalue weighted by atomic mass is 35.5. The molecule has 5 nitrogen and oxygen atoms in total. The monoisotopic (exact) mass is 308 g/mol. The van der Waals surface area contributed by atoms with E-state index in [0.29, 0.717) is 31.2 Å². The van der Waals surface area contributed by atoms with E-state index in [9.17, 15) is 9.90 Å². The summed E-state index contributed by atoms with van der Waals surface area (Å²) in [5.74, 6) is 6.03. The van der Waals surface area contributed by atoms with Crippen LogP contribution in [0.2, 0.25) is 5.02 Å². The highest BCUT2D eigenvalue weighted by molar-refractivity contribution is 6.30. The summed E-state index contributed by atoms with van der Waals surface area (Å²) in [4.78, 5) is 14.2. The Hall–Kier alpha value is -1.74. The number of carbonyl (C=O) groups is 1. The van der Waals surface area contributed by atoms with Gasteiger partial charge in [-0.05, 0) is 18.2 Å². The molecule has 112 valence electrons. The minimum absolute atomic E-state index is 0.0827. The zero-order valence-electron chi connectivity index (χ0n) is 11.5. The van der Waals surface area contributed by atoms with Crippen LogP contribution in [0.4, 0.5) is 4.79 Å². The van der Waals surface area contributed by atoms with Crippen LogP contribution < -0.4 is 0 Å². The van der Waals surface area contributed by atoms with Gasteiger partial charge in [0.2, 0.25) is 0 Å². The number of hydrogen-bond donors (Lipinski definition) is 2. The fourth-order valence-corrected chi connectivity index (χ4v) is 2.40. The summed E-state index contributed by atoms with van der Waals surface area (Å²) in [6.45, 7) is 1.93. The number of carboxylic acid groups (broad SMARTS) is 1. The summed E-state index contributed by atoms with van der Waals surface area (Å²) in [5.41, 5.74) is 0.796. The van der Waals surface area contributed by atoms with Crippen molar-refractivity contribution in [2.24, 2.45) is 0 Å². The normalized spacial score (nSPS) is 17.0. The van der Waals surface area contributed by atoms with Gasteiger partial charge < -0.3 is 15.1 Å². The van der Waals surface area contributed by atoms with E-state index < -0.39 is 6.09 Å². The van der Waals surface area contributed by atoms with Crippen LogP contribution >= 0.6 is 11.6 Å². The smallest absolute Gasteiger partial charge is 0.407 e. The lowest BCUT2D eigenvalue weighted by atomic mass is 10.2. The Kier molecular flexibility index (Phi) is 5.45. The van der Waals surface area contributed by atoms with Gasteiger partial charge in [-0.25, -0.2) is 4.79 Å². The van der Waals surface area contributed by atoms with Crippen LogP contribution in [0, 0.1) is 11.8 Å². The largest absolute Gasteiger partial charge is 0.465 e. The molecule has 1 unspecified atom stereocenters. The lowest BCUT2D eigenvalue weighted by Crippen LogP contribution is -2.52. The minimum Gasteiger partial charge on any atom is -0.465 e. The van der Waals surface area contributed by atoms with E-state index in [1.54, 1.807) is 12.1 Å². The van der Waals surface area contributed by atoms with Crippen molar-refractivity contribution in [3.05, 3.63) is 34.9 Å². The number of halogens is 1. The molecule has 0 aliphatic carbocycles. The lowest BCUT2D eigenvalue weighted by Gasteiger charge is -2.35. The van der Waals surface area contributed by atoms with Gasteiger partial charge in [-0.3, -0.25) is 4.90 Å². The molecule has 0 bridgehead atoms. The molecule has 0 saturated carbocycles. The number of rotatable bonds is 2. The lowest BCUT2D eigenvalue weighted by molar-refractivity contribution is 0.0807. The van der Waals surface area contributed by atoms with Crippen LogP contribution in [0.5, 0.6) is 0 Å². The number of amides is 1. The van der Waals surface area contributed by atoms with Gasteiger partial charge in [0.1, 0.15) is 0 Å². The number of aliphatic hydroxyl groups excluding tert-OH is 1. The molecule has 1 atom stereocenters. The van der Waals surface area contributed by atoms with Gasteiger partial charge in [0, 0.05) is 36.8 Å². The van der Waals surface area contributed by atoms with Crippen molar-refractivity contribution in [3.63, 3.8) is 0 Å². The second-order valence-electron chi connectivity index (χ2n) is 4.78. The maximum Gasteiger partial charge on any atom is 0.407 e. The maximum absolute atomic E-state index is 10.9. The van der Waals surface area contributed by atoms with Gasteiger partial charge in [0.25, 0.3) is 0 Å². The molecule has 1 aromatic rings. The molecular formula is C15H17ClN2O3. The zero-order valence-corrected chi connectivity index (χ0v) is 12.3. The summed E-state index contributed by atoms with van der Waals surface area (Å²) in [6.07, 6.45) is -0.903. The molecule has 0 aromatic heterocycles. The van der Waals surface area contributed by atoms with Crippen LogP contribution in [0.1, 0.15) is 5.56 Å². The van der Waals surface area contributed by atoms with Crippen LogP contribution in [-0.2, 0) is 0 Å². The first-order valence-electron chi connectivity index (χ1n) is 6.70. The third kappa shape index (κ3) is 4.36. The van der Waals surface area contributed by atoms with Crippen molar-refractivity contribution in [1.82, 2.24) is 9.80 Å². The third-order valence-corrected chi connectivity index (χ3v) is 3.64. The first kappa shape index (κ1) is 15.6. The summed E-state index contributed by atoms with van der Waals surface area (Å²) in [6, 6.07) is 6.94. The van der Waals surface area contributed by atoms with E-state index >= 15 is 0 Å². The second kappa shape index (κ2) is 7.32. The van der Waals surface area contributed by atoms with Crippen LogP contribution in [0.3, 0.4) is 0 Å². The highest BCUT2D eigenvalue weighted by Crippen LogP contribution is 2.10. The SMILES string of the molecule is O=C(O)N1CCN(C(C#Cc2cccc(Cl)c2)CO)CC1. The highest BCUT2D eigenvalue weighted by Gasteiger charge is 2.24. The summed E-state index contributed by atoms with van der Waals surface area (Å²) < 4.78 is 0. The Bertz CT molecular complexity index is 560. The topological polar surface area (TPSA) is 64.0 Å². The molecule has 0 spiro atoms. The number of nitrogens with zero attached hydrogens (tertiary/aromatic N) is 2. The van der Waals surface area contributed by atoms with E-state index in [1.807, 2.05) is 17.0 Å². The van der Waals surface area contributed by atoms with E-state index in [4.69, 9.17) is 16.7 Å². The van der Waals surface area contributed by atoms with Gasteiger partial charge in [0.15, 0.2) is 0 Å². The maximum atomic E-state index is 10.9. The van der Waals surface area contributed by atoms with E-state index in [1.165, 1.54) is 4.90 Å². The fourth-order valence-electron chi connectivity index (χ4n) is 2.21. The number of piperazine rings is 1. The first-order valence-corrected chi connectivity index (χ1v) is 7.08. The Morgan fingerprint density at radius 1 is 1.33 bits per heavy atom. The predicted molar refractivity (Wildman–Crippen MR) is 80.4 cm³/mol. The van der Waals surface area contributed by atoms with Crippen molar-refractivity contribution >= 4 is 17.7 Å². The quantitative estimate of drug-likeness (QED) is 0.810.